The van der Waals surface area contributed by atoms with E-state index in [0.29, 0.717) is 6.54 Å². The van der Waals surface area contributed by atoms with Crippen molar-refractivity contribution in [3.05, 3.63) is 57.8 Å². The molecule has 1 aromatic heterocycles. The van der Waals surface area contributed by atoms with E-state index in [0.717, 1.165) is 10.4 Å². The molecule has 6 heteroatoms. The third-order valence-electron chi connectivity index (χ3n) is 2.95. The highest BCUT2D eigenvalue weighted by atomic mass is 32.1. The Morgan fingerprint density at radius 3 is 2.62 bits per heavy atom. The number of nitrogens with one attached hydrogen (secondary N) is 1. The summed E-state index contributed by atoms with van der Waals surface area (Å²) in [6.07, 6.45) is 0. The molecule has 110 valence electrons. The maximum Gasteiger partial charge on any atom is 0.336 e. The van der Waals surface area contributed by atoms with Gasteiger partial charge in [-0.25, -0.2) is 9.59 Å². The SMILES string of the molecule is COC(=O)C(NCc1cc(C(=O)O)cs1)c1ccccc1. The molecule has 0 aliphatic carbocycles. The molecule has 5 nitrogen and oxygen atoms in total. The minimum Gasteiger partial charge on any atom is -0.478 e. The fraction of sp³-hybridized carbons (Fsp3) is 0.200. The molecular formula is C15H15NO4S. The number of benzene rings is 1. The zero-order valence-corrected chi connectivity index (χ0v) is 12.2. The first-order valence-electron chi connectivity index (χ1n) is 6.28. The third kappa shape index (κ3) is 3.90. The predicted molar refractivity (Wildman–Crippen MR) is 79.3 cm³/mol. The van der Waals surface area contributed by atoms with Crippen LogP contribution < -0.4 is 5.32 Å². The summed E-state index contributed by atoms with van der Waals surface area (Å²) in [5.41, 5.74) is 1.06. The van der Waals surface area contributed by atoms with Gasteiger partial charge < -0.3 is 9.84 Å². The van der Waals surface area contributed by atoms with Crippen molar-refractivity contribution in [1.29, 1.82) is 0 Å². The van der Waals surface area contributed by atoms with Gasteiger partial charge in [-0.05, 0) is 11.6 Å². The van der Waals surface area contributed by atoms with E-state index in [9.17, 15) is 9.59 Å². The van der Waals surface area contributed by atoms with Crippen LogP contribution in [0.4, 0.5) is 0 Å². The Hall–Kier alpha value is -2.18. The van der Waals surface area contributed by atoms with Crippen molar-refractivity contribution in [1.82, 2.24) is 5.32 Å². The Labute approximate surface area is 126 Å². The van der Waals surface area contributed by atoms with Crippen LogP contribution in [0.3, 0.4) is 0 Å². The lowest BCUT2D eigenvalue weighted by molar-refractivity contribution is -0.143. The quantitative estimate of drug-likeness (QED) is 0.802. The van der Waals surface area contributed by atoms with Gasteiger partial charge in [-0.1, -0.05) is 30.3 Å². The second kappa shape index (κ2) is 7.01. The fourth-order valence-electron chi connectivity index (χ4n) is 1.89. The number of hydrogen-bond acceptors (Lipinski definition) is 5. The Kier molecular flexibility index (Phi) is 5.08. The summed E-state index contributed by atoms with van der Waals surface area (Å²) < 4.78 is 4.81. The van der Waals surface area contributed by atoms with Crippen molar-refractivity contribution >= 4 is 23.3 Å². The molecule has 1 heterocycles. The molecule has 0 saturated carbocycles. The predicted octanol–water partition coefficient (Wildman–Crippen LogP) is 2.45. The van der Waals surface area contributed by atoms with Crippen LogP contribution in [0.15, 0.2) is 41.8 Å². The molecule has 0 aliphatic rings. The van der Waals surface area contributed by atoms with Crippen LogP contribution in [0.25, 0.3) is 0 Å². The monoisotopic (exact) mass is 305 g/mol. The summed E-state index contributed by atoms with van der Waals surface area (Å²) in [5.74, 6) is -1.33. The Balaban J connectivity index is 2.09. The highest BCUT2D eigenvalue weighted by Gasteiger charge is 2.20. The molecule has 2 aromatic rings. The number of rotatable bonds is 6. The number of carbonyl (C=O) groups is 2. The number of hydrogen-bond donors (Lipinski definition) is 2. The first kappa shape index (κ1) is 15.2. The molecule has 0 aliphatic heterocycles. The van der Waals surface area contributed by atoms with Crippen LogP contribution in [-0.2, 0) is 16.1 Å². The molecule has 1 unspecified atom stereocenters. The zero-order chi connectivity index (χ0) is 15.2. The van der Waals surface area contributed by atoms with Crippen LogP contribution in [0.1, 0.15) is 26.8 Å². The number of esters is 1. The molecule has 0 saturated heterocycles. The van der Waals surface area contributed by atoms with Gasteiger partial charge >= 0.3 is 11.9 Å². The first-order chi connectivity index (χ1) is 10.1. The Morgan fingerprint density at radius 2 is 2.05 bits per heavy atom. The van der Waals surface area contributed by atoms with Gasteiger partial charge in [0.2, 0.25) is 0 Å². The number of methoxy groups -OCH3 is 1. The fourth-order valence-corrected chi connectivity index (χ4v) is 2.70. The summed E-state index contributed by atoms with van der Waals surface area (Å²) in [6, 6.07) is 10.3. The topological polar surface area (TPSA) is 75.6 Å². The Morgan fingerprint density at radius 1 is 1.33 bits per heavy atom. The van der Waals surface area contributed by atoms with Crippen molar-refractivity contribution in [2.75, 3.05) is 7.11 Å². The van der Waals surface area contributed by atoms with Gasteiger partial charge in [-0.15, -0.1) is 11.3 Å². The molecule has 0 amide bonds. The second-order valence-corrected chi connectivity index (χ2v) is 5.35. The standard InChI is InChI=1S/C15H15NO4S/c1-20-15(19)13(10-5-3-2-4-6-10)16-8-12-7-11(9-21-12)14(17)18/h2-7,9,13,16H,8H2,1H3,(H,17,18). The normalized spacial score (nSPS) is 11.9. The number of ether oxygens (including phenoxy) is 1. The van der Waals surface area contributed by atoms with Crippen LogP contribution >= 0.6 is 11.3 Å². The van der Waals surface area contributed by atoms with Gasteiger partial charge in [0.1, 0.15) is 6.04 Å². The molecule has 21 heavy (non-hydrogen) atoms. The summed E-state index contributed by atoms with van der Waals surface area (Å²) in [7, 11) is 1.34. The highest BCUT2D eigenvalue weighted by molar-refractivity contribution is 7.10. The largest absolute Gasteiger partial charge is 0.478 e. The minimum absolute atomic E-state index is 0.256. The summed E-state index contributed by atoms with van der Waals surface area (Å²) in [6.45, 7) is 0.395. The highest BCUT2D eigenvalue weighted by Crippen LogP contribution is 2.18. The smallest absolute Gasteiger partial charge is 0.336 e. The lowest BCUT2D eigenvalue weighted by Crippen LogP contribution is -2.29. The average molecular weight is 305 g/mol. The van der Waals surface area contributed by atoms with Gasteiger partial charge in [0.25, 0.3) is 0 Å². The molecule has 0 fully saturated rings. The molecular weight excluding hydrogens is 290 g/mol. The molecule has 0 bridgehead atoms. The molecule has 2 N–H and O–H groups in total. The lowest BCUT2D eigenvalue weighted by atomic mass is 10.1. The summed E-state index contributed by atoms with van der Waals surface area (Å²) in [5, 5.41) is 13.6. The van der Waals surface area contributed by atoms with Gasteiger partial charge in [0.05, 0.1) is 12.7 Å². The van der Waals surface area contributed by atoms with Gasteiger partial charge in [-0.2, -0.15) is 0 Å². The van der Waals surface area contributed by atoms with Crippen LogP contribution in [0, 0.1) is 0 Å². The molecule has 0 radical (unpaired) electrons. The zero-order valence-electron chi connectivity index (χ0n) is 11.4. The maximum absolute atomic E-state index is 11.9. The van der Waals surface area contributed by atoms with Crippen molar-refractivity contribution in [2.24, 2.45) is 0 Å². The van der Waals surface area contributed by atoms with E-state index in [1.165, 1.54) is 18.4 Å². The molecule has 1 atom stereocenters. The van der Waals surface area contributed by atoms with Crippen LogP contribution in [0.5, 0.6) is 0 Å². The molecule has 1 aromatic carbocycles. The lowest BCUT2D eigenvalue weighted by Gasteiger charge is -2.16. The number of carbonyl (C=O) groups excluding carboxylic acids is 1. The minimum atomic E-state index is -0.954. The summed E-state index contributed by atoms with van der Waals surface area (Å²) in [4.78, 5) is 23.6. The van der Waals surface area contributed by atoms with E-state index in [1.54, 1.807) is 11.4 Å². The third-order valence-corrected chi connectivity index (χ3v) is 3.89. The number of aromatic carboxylic acids is 1. The van der Waals surface area contributed by atoms with Gasteiger partial charge in [-0.3, -0.25) is 5.32 Å². The van der Waals surface area contributed by atoms with Gasteiger partial charge in [0, 0.05) is 16.8 Å². The Bertz CT molecular complexity index is 624. The number of thiophene rings is 1. The second-order valence-electron chi connectivity index (χ2n) is 4.35. The number of carboxylic acid groups (broad SMARTS) is 1. The summed E-state index contributed by atoms with van der Waals surface area (Å²) >= 11 is 1.34. The van der Waals surface area contributed by atoms with Crippen molar-refractivity contribution in [3.63, 3.8) is 0 Å². The maximum atomic E-state index is 11.9. The van der Waals surface area contributed by atoms with Crippen molar-refractivity contribution in [3.8, 4) is 0 Å². The van der Waals surface area contributed by atoms with Crippen LogP contribution in [0.2, 0.25) is 0 Å². The van der Waals surface area contributed by atoms with Crippen molar-refractivity contribution in [2.45, 2.75) is 12.6 Å². The molecule has 2 rings (SSSR count). The van der Waals surface area contributed by atoms with Crippen LogP contribution in [-0.4, -0.2) is 24.2 Å². The van der Waals surface area contributed by atoms with E-state index in [4.69, 9.17) is 9.84 Å². The number of carboxylic acids is 1. The van der Waals surface area contributed by atoms with E-state index >= 15 is 0 Å². The van der Waals surface area contributed by atoms with E-state index in [-0.39, 0.29) is 11.5 Å². The van der Waals surface area contributed by atoms with Crippen molar-refractivity contribution < 1.29 is 19.4 Å². The van der Waals surface area contributed by atoms with E-state index < -0.39 is 12.0 Å². The van der Waals surface area contributed by atoms with E-state index in [2.05, 4.69) is 5.32 Å². The average Bonchev–Trinajstić information content (AvgIpc) is 2.97. The molecule has 0 spiro atoms. The van der Waals surface area contributed by atoms with Gasteiger partial charge in [0.15, 0.2) is 0 Å². The van der Waals surface area contributed by atoms with E-state index in [1.807, 2.05) is 30.3 Å². The first-order valence-corrected chi connectivity index (χ1v) is 7.16.